The van der Waals surface area contributed by atoms with Crippen molar-refractivity contribution in [3.8, 4) is 0 Å². The number of hydrogen-bond donors (Lipinski definition) is 1. The predicted octanol–water partition coefficient (Wildman–Crippen LogP) is 2.14. The van der Waals surface area contributed by atoms with Crippen LogP contribution in [0.3, 0.4) is 0 Å². The van der Waals surface area contributed by atoms with Crippen molar-refractivity contribution in [3.63, 3.8) is 0 Å². The van der Waals surface area contributed by atoms with Crippen molar-refractivity contribution in [1.82, 2.24) is 5.32 Å². The highest BCUT2D eigenvalue weighted by Gasteiger charge is 2.09. The molecule has 0 fully saturated rings. The minimum atomic E-state index is 1.02. The van der Waals surface area contributed by atoms with E-state index in [2.05, 4.69) is 30.5 Å². The topological polar surface area (TPSA) is 12.0 Å². The Hall–Kier alpha value is -0.980. The molecule has 2 aliphatic rings. The van der Waals surface area contributed by atoms with Crippen LogP contribution in [0.5, 0.6) is 0 Å². The van der Waals surface area contributed by atoms with E-state index >= 15 is 0 Å². The quantitative estimate of drug-likeness (QED) is 0.553. The third kappa shape index (κ3) is 1.23. The van der Waals surface area contributed by atoms with Crippen molar-refractivity contribution in [2.45, 2.75) is 19.8 Å². The lowest BCUT2D eigenvalue weighted by atomic mass is 9.94. The van der Waals surface area contributed by atoms with Gasteiger partial charge in [-0.2, -0.15) is 0 Å². The van der Waals surface area contributed by atoms with Crippen molar-refractivity contribution in [1.29, 1.82) is 0 Å². The first-order valence-electron chi connectivity index (χ1n) is 4.17. The van der Waals surface area contributed by atoms with Crippen LogP contribution in [-0.4, -0.2) is 6.54 Å². The fraction of sp³-hybridized carbons (Fsp3) is 0.400. The van der Waals surface area contributed by atoms with Gasteiger partial charge in [0.1, 0.15) is 0 Å². The monoisotopic (exact) mass is 147 g/mol. The van der Waals surface area contributed by atoms with Gasteiger partial charge in [0.05, 0.1) is 0 Å². The Morgan fingerprint density at radius 3 is 3.18 bits per heavy atom. The van der Waals surface area contributed by atoms with Gasteiger partial charge in [0.2, 0.25) is 0 Å². The summed E-state index contributed by atoms with van der Waals surface area (Å²) in [4.78, 5) is 0. The van der Waals surface area contributed by atoms with Crippen LogP contribution in [-0.2, 0) is 0 Å². The average molecular weight is 147 g/mol. The highest BCUT2D eigenvalue weighted by atomic mass is 14.9. The molecule has 0 unspecified atom stereocenters. The second kappa shape index (κ2) is 2.57. The average Bonchev–Trinajstić information content (AvgIpc) is 2.04. The predicted molar refractivity (Wildman–Crippen MR) is 47.2 cm³/mol. The van der Waals surface area contributed by atoms with Crippen molar-refractivity contribution in [2.75, 3.05) is 6.54 Å². The smallest absolute Gasteiger partial charge is 0.0400 e. The van der Waals surface area contributed by atoms with E-state index in [1.807, 2.05) is 0 Å². The van der Waals surface area contributed by atoms with Crippen LogP contribution >= 0.6 is 0 Å². The Kier molecular flexibility index (Phi) is 1.57. The molecular weight excluding hydrogens is 134 g/mol. The normalized spacial score (nSPS) is 22.5. The van der Waals surface area contributed by atoms with Crippen LogP contribution in [0, 0.1) is 0 Å². The molecule has 1 aliphatic heterocycles. The van der Waals surface area contributed by atoms with Crippen molar-refractivity contribution >= 4 is 0 Å². The zero-order valence-corrected chi connectivity index (χ0v) is 6.85. The van der Waals surface area contributed by atoms with Gasteiger partial charge in [-0.15, -0.1) is 0 Å². The first-order valence-corrected chi connectivity index (χ1v) is 4.17. The van der Waals surface area contributed by atoms with Crippen LogP contribution in [0.2, 0.25) is 0 Å². The molecule has 1 heterocycles. The summed E-state index contributed by atoms with van der Waals surface area (Å²) in [5.74, 6) is 0. The lowest BCUT2D eigenvalue weighted by Crippen LogP contribution is -2.20. The SMILES string of the molecule is CC1=CC2=C(C=CCC2)CN1. The summed E-state index contributed by atoms with van der Waals surface area (Å²) in [6.07, 6.45) is 9.21. The highest BCUT2D eigenvalue weighted by Crippen LogP contribution is 2.23. The molecule has 1 N–H and O–H groups in total. The first-order chi connectivity index (χ1) is 5.36. The third-order valence-electron chi connectivity index (χ3n) is 2.26. The van der Waals surface area contributed by atoms with Crippen LogP contribution in [0.25, 0.3) is 0 Å². The molecule has 0 saturated heterocycles. The van der Waals surface area contributed by atoms with E-state index in [9.17, 15) is 0 Å². The standard InChI is InChI=1S/C10H13N/c1-8-6-9-4-2-3-5-10(9)7-11-8/h3,5-6,11H,2,4,7H2,1H3. The fourth-order valence-corrected chi connectivity index (χ4v) is 1.62. The number of rotatable bonds is 0. The van der Waals surface area contributed by atoms with E-state index in [4.69, 9.17) is 0 Å². The second-order valence-corrected chi connectivity index (χ2v) is 3.17. The number of dihydropyridines is 1. The first kappa shape index (κ1) is 6.71. The fourth-order valence-electron chi connectivity index (χ4n) is 1.62. The molecular formula is C10H13N. The molecule has 0 aromatic heterocycles. The zero-order valence-electron chi connectivity index (χ0n) is 6.85. The van der Waals surface area contributed by atoms with E-state index in [1.165, 1.54) is 29.7 Å². The zero-order chi connectivity index (χ0) is 7.68. The number of hydrogen-bond acceptors (Lipinski definition) is 1. The Morgan fingerprint density at radius 1 is 1.36 bits per heavy atom. The largest absolute Gasteiger partial charge is 0.384 e. The Balaban J connectivity index is 2.33. The maximum atomic E-state index is 3.33. The van der Waals surface area contributed by atoms with Gasteiger partial charge in [-0.25, -0.2) is 0 Å². The Labute approximate surface area is 67.5 Å². The van der Waals surface area contributed by atoms with Gasteiger partial charge >= 0.3 is 0 Å². The molecule has 58 valence electrons. The van der Waals surface area contributed by atoms with E-state index in [-0.39, 0.29) is 0 Å². The summed E-state index contributed by atoms with van der Waals surface area (Å²) in [6.45, 7) is 3.15. The maximum Gasteiger partial charge on any atom is 0.0400 e. The molecule has 1 aliphatic carbocycles. The molecule has 1 nitrogen and oxygen atoms in total. The number of nitrogens with one attached hydrogen (secondary N) is 1. The number of allylic oxidation sites excluding steroid dienone is 4. The van der Waals surface area contributed by atoms with Gasteiger partial charge in [-0.1, -0.05) is 12.2 Å². The van der Waals surface area contributed by atoms with E-state index in [0.717, 1.165) is 6.54 Å². The molecule has 0 atom stereocenters. The van der Waals surface area contributed by atoms with Gasteiger partial charge < -0.3 is 5.32 Å². The second-order valence-electron chi connectivity index (χ2n) is 3.17. The third-order valence-corrected chi connectivity index (χ3v) is 2.26. The van der Waals surface area contributed by atoms with Gasteiger partial charge in [-0.05, 0) is 37.0 Å². The van der Waals surface area contributed by atoms with E-state index in [1.54, 1.807) is 0 Å². The summed E-state index contributed by atoms with van der Waals surface area (Å²) in [6, 6.07) is 0. The summed E-state index contributed by atoms with van der Waals surface area (Å²) >= 11 is 0. The van der Waals surface area contributed by atoms with Crippen molar-refractivity contribution in [2.24, 2.45) is 0 Å². The molecule has 0 aromatic rings. The molecule has 0 spiro atoms. The van der Waals surface area contributed by atoms with E-state index < -0.39 is 0 Å². The molecule has 0 radical (unpaired) electrons. The lowest BCUT2D eigenvalue weighted by Gasteiger charge is -2.20. The van der Waals surface area contributed by atoms with Crippen molar-refractivity contribution in [3.05, 3.63) is 35.1 Å². The van der Waals surface area contributed by atoms with Crippen LogP contribution in [0.15, 0.2) is 35.1 Å². The van der Waals surface area contributed by atoms with Crippen LogP contribution in [0.1, 0.15) is 19.8 Å². The Bertz CT molecular complexity index is 256. The molecule has 0 saturated carbocycles. The molecule has 2 rings (SSSR count). The summed E-state index contributed by atoms with van der Waals surface area (Å²) in [5, 5.41) is 3.33. The van der Waals surface area contributed by atoms with Gasteiger partial charge in [0, 0.05) is 12.2 Å². The molecule has 0 amide bonds. The highest BCUT2D eigenvalue weighted by molar-refractivity contribution is 5.41. The van der Waals surface area contributed by atoms with Gasteiger partial charge in [0.15, 0.2) is 0 Å². The van der Waals surface area contributed by atoms with Crippen molar-refractivity contribution < 1.29 is 0 Å². The molecule has 1 heteroatoms. The van der Waals surface area contributed by atoms with Crippen LogP contribution < -0.4 is 5.32 Å². The van der Waals surface area contributed by atoms with Gasteiger partial charge in [-0.3, -0.25) is 0 Å². The summed E-state index contributed by atoms with van der Waals surface area (Å²) in [7, 11) is 0. The lowest BCUT2D eigenvalue weighted by molar-refractivity contribution is 0.819. The molecule has 11 heavy (non-hydrogen) atoms. The summed E-state index contributed by atoms with van der Waals surface area (Å²) < 4.78 is 0. The molecule has 0 bridgehead atoms. The Morgan fingerprint density at radius 2 is 2.27 bits per heavy atom. The van der Waals surface area contributed by atoms with Crippen LogP contribution in [0.4, 0.5) is 0 Å². The maximum absolute atomic E-state index is 3.33. The summed E-state index contributed by atoms with van der Waals surface area (Å²) in [5.41, 5.74) is 4.31. The minimum absolute atomic E-state index is 1.02. The van der Waals surface area contributed by atoms with Gasteiger partial charge in [0.25, 0.3) is 0 Å². The minimum Gasteiger partial charge on any atom is -0.384 e. The van der Waals surface area contributed by atoms with E-state index in [0.29, 0.717) is 0 Å². The molecule has 0 aromatic carbocycles.